The summed E-state index contributed by atoms with van der Waals surface area (Å²) in [7, 11) is 0. The van der Waals surface area contributed by atoms with Crippen LogP contribution in [0.4, 0.5) is 0 Å². The highest BCUT2D eigenvalue weighted by atomic mass is 16.2. The predicted molar refractivity (Wildman–Crippen MR) is 99.2 cm³/mol. The van der Waals surface area contributed by atoms with Crippen LogP contribution in [0.5, 0.6) is 0 Å². The first kappa shape index (κ1) is 17.6. The third kappa shape index (κ3) is 5.12. The Labute approximate surface area is 150 Å². The number of piperidine rings is 1. The van der Waals surface area contributed by atoms with Gasteiger partial charge in [0, 0.05) is 38.1 Å². The maximum absolute atomic E-state index is 12.5. The van der Waals surface area contributed by atoms with E-state index in [1.165, 1.54) is 24.0 Å². The molecule has 1 aliphatic rings. The van der Waals surface area contributed by atoms with Gasteiger partial charge in [-0.2, -0.15) is 0 Å². The minimum absolute atomic E-state index is 0.256. The third-order valence-electron chi connectivity index (χ3n) is 5.17. The minimum atomic E-state index is 0.256. The van der Waals surface area contributed by atoms with E-state index in [1.807, 2.05) is 0 Å². The Morgan fingerprint density at radius 2 is 2.12 bits per heavy atom. The van der Waals surface area contributed by atoms with Crippen LogP contribution < -0.4 is 0 Å². The Bertz CT molecular complexity index is 687. The highest BCUT2D eigenvalue weighted by molar-refractivity contribution is 5.76. The van der Waals surface area contributed by atoms with Gasteiger partial charge in [-0.15, -0.1) is 0 Å². The van der Waals surface area contributed by atoms with Gasteiger partial charge >= 0.3 is 0 Å². The lowest BCUT2D eigenvalue weighted by atomic mass is 9.90. The van der Waals surface area contributed by atoms with Crippen molar-refractivity contribution in [2.75, 3.05) is 13.1 Å². The molecule has 1 aliphatic heterocycles. The van der Waals surface area contributed by atoms with Crippen molar-refractivity contribution in [1.29, 1.82) is 0 Å². The SMILES string of the molecule is Cc1ccccc1CC[C@H]1CCCN(C(=O)CCc2cnccn2)C1. The van der Waals surface area contributed by atoms with Crippen LogP contribution in [0.3, 0.4) is 0 Å². The summed E-state index contributed by atoms with van der Waals surface area (Å²) in [5.41, 5.74) is 3.70. The fraction of sp³-hybridized carbons (Fsp3) is 0.476. The molecule has 0 unspecified atom stereocenters. The van der Waals surface area contributed by atoms with Crippen molar-refractivity contribution in [3.63, 3.8) is 0 Å². The standard InChI is InChI=1S/C21H27N3O/c1-17-5-2-3-7-19(17)9-8-18-6-4-14-24(16-18)21(25)11-10-20-15-22-12-13-23-20/h2-3,5,7,12-13,15,18H,4,6,8-11,14,16H2,1H3/t18-/m1/s1. The largest absolute Gasteiger partial charge is 0.342 e. The fourth-order valence-electron chi connectivity index (χ4n) is 3.63. The van der Waals surface area contributed by atoms with E-state index in [2.05, 4.69) is 46.1 Å². The first-order chi connectivity index (χ1) is 12.2. The summed E-state index contributed by atoms with van der Waals surface area (Å²) in [5.74, 6) is 0.875. The number of benzene rings is 1. The smallest absolute Gasteiger partial charge is 0.222 e. The van der Waals surface area contributed by atoms with E-state index in [0.29, 0.717) is 18.8 Å². The predicted octanol–water partition coefficient (Wildman–Crippen LogP) is 3.59. The van der Waals surface area contributed by atoms with Crippen LogP contribution in [-0.4, -0.2) is 33.9 Å². The van der Waals surface area contributed by atoms with E-state index in [1.54, 1.807) is 18.6 Å². The zero-order valence-corrected chi connectivity index (χ0v) is 15.0. The van der Waals surface area contributed by atoms with Crippen LogP contribution in [0, 0.1) is 12.8 Å². The summed E-state index contributed by atoms with van der Waals surface area (Å²) in [6.07, 6.45) is 10.9. The number of hydrogen-bond acceptors (Lipinski definition) is 3. The first-order valence-corrected chi connectivity index (χ1v) is 9.29. The molecule has 3 rings (SSSR count). The molecule has 0 bridgehead atoms. The highest BCUT2D eigenvalue weighted by Crippen LogP contribution is 2.23. The van der Waals surface area contributed by atoms with Gasteiger partial charge in [-0.3, -0.25) is 14.8 Å². The van der Waals surface area contributed by atoms with E-state index in [9.17, 15) is 4.79 Å². The van der Waals surface area contributed by atoms with E-state index in [4.69, 9.17) is 0 Å². The van der Waals surface area contributed by atoms with E-state index >= 15 is 0 Å². The van der Waals surface area contributed by atoms with Gasteiger partial charge in [0.05, 0.1) is 5.69 Å². The van der Waals surface area contributed by atoms with Crippen LogP contribution in [0.2, 0.25) is 0 Å². The maximum atomic E-state index is 12.5. The lowest BCUT2D eigenvalue weighted by Gasteiger charge is -2.33. The van der Waals surface area contributed by atoms with Crippen molar-refractivity contribution in [3.8, 4) is 0 Å². The lowest BCUT2D eigenvalue weighted by molar-refractivity contribution is -0.133. The molecule has 0 spiro atoms. The van der Waals surface area contributed by atoms with Crippen LogP contribution in [-0.2, 0) is 17.6 Å². The maximum Gasteiger partial charge on any atom is 0.222 e. The number of likely N-dealkylation sites (tertiary alicyclic amines) is 1. The zero-order chi connectivity index (χ0) is 17.5. The van der Waals surface area contributed by atoms with Crippen molar-refractivity contribution in [1.82, 2.24) is 14.9 Å². The van der Waals surface area contributed by atoms with Gasteiger partial charge in [0.2, 0.25) is 5.91 Å². The summed E-state index contributed by atoms with van der Waals surface area (Å²) in [4.78, 5) is 22.9. The number of nitrogens with zero attached hydrogens (tertiary/aromatic N) is 3. The molecule has 4 nitrogen and oxygen atoms in total. The van der Waals surface area contributed by atoms with Gasteiger partial charge in [0.1, 0.15) is 0 Å². The van der Waals surface area contributed by atoms with Crippen molar-refractivity contribution < 1.29 is 4.79 Å². The van der Waals surface area contributed by atoms with Crippen LogP contribution >= 0.6 is 0 Å². The fourth-order valence-corrected chi connectivity index (χ4v) is 3.63. The van der Waals surface area contributed by atoms with E-state index in [-0.39, 0.29) is 5.91 Å². The number of amides is 1. The highest BCUT2D eigenvalue weighted by Gasteiger charge is 2.23. The number of hydrogen-bond donors (Lipinski definition) is 0. The molecule has 0 radical (unpaired) electrons. The normalized spacial score (nSPS) is 17.5. The van der Waals surface area contributed by atoms with Gasteiger partial charge in [0.25, 0.3) is 0 Å². The summed E-state index contributed by atoms with van der Waals surface area (Å²) < 4.78 is 0. The quantitative estimate of drug-likeness (QED) is 0.809. The summed E-state index contributed by atoms with van der Waals surface area (Å²) in [6, 6.07) is 8.61. The van der Waals surface area contributed by atoms with E-state index in [0.717, 1.165) is 31.6 Å². The number of aryl methyl sites for hydroxylation is 3. The van der Waals surface area contributed by atoms with Crippen LogP contribution in [0.25, 0.3) is 0 Å². The molecule has 0 N–H and O–H groups in total. The van der Waals surface area contributed by atoms with Gasteiger partial charge in [-0.1, -0.05) is 24.3 Å². The minimum Gasteiger partial charge on any atom is -0.342 e. The molecule has 0 saturated carbocycles. The van der Waals surface area contributed by atoms with Crippen molar-refractivity contribution in [3.05, 3.63) is 59.7 Å². The molecular formula is C21H27N3O. The third-order valence-corrected chi connectivity index (χ3v) is 5.17. The summed E-state index contributed by atoms with van der Waals surface area (Å²) in [5, 5.41) is 0. The molecule has 1 aromatic carbocycles. The molecule has 0 aliphatic carbocycles. The molecule has 132 valence electrons. The Balaban J connectivity index is 1.47. The number of aromatic nitrogens is 2. The second-order valence-electron chi connectivity index (χ2n) is 7.01. The Kier molecular flexibility index (Phi) is 6.15. The molecular weight excluding hydrogens is 310 g/mol. The number of rotatable bonds is 6. The van der Waals surface area contributed by atoms with Crippen molar-refractivity contribution >= 4 is 5.91 Å². The second-order valence-corrected chi connectivity index (χ2v) is 7.01. The summed E-state index contributed by atoms with van der Waals surface area (Å²) >= 11 is 0. The van der Waals surface area contributed by atoms with Gasteiger partial charge in [0.15, 0.2) is 0 Å². The molecule has 1 atom stereocenters. The average molecular weight is 337 g/mol. The molecule has 1 fully saturated rings. The summed E-state index contributed by atoms with van der Waals surface area (Å²) in [6.45, 7) is 3.99. The van der Waals surface area contributed by atoms with Gasteiger partial charge < -0.3 is 4.90 Å². The molecule has 1 amide bonds. The monoisotopic (exact) mass is 337 g/mol. The molecule has 2 aromatic rings. The number of carbonyl (C=O) groups excluding carboxylic acids is 1. The molecule has 4 heteroatoms. The average Bonchev–Trinajstić information content (AvgIpc) is 2.66. The van der Waals surface area contributed by atoms with Crippen molar-refractivity contribution in [2.45, 2.75) is 45.4 Å². The molecule has 2 heterocycles. The topological polar surface area (TPSA) is 46.1 Å². The first-order valence-electron chi connectivity index (χ1n) is 9.29. The Morgan fingerprint density at radius 3 is 2.92 bits per heavy atom. The van der Waals surface area contributed by atoms with Gasteiger partial charge in [-0.25, -0.2) is 0 Å². The Hall–Kier alpha value is -2.23. The Morgan fingerprint density at radius 1 is 1.24 bits per heavy atom. The lowest BCUT2D eigenvalue weighted by Crippen LogP contribution is -2.40. The number of carbonyl (C=O) groups is 1. The zero-order valence-electron chi connectivity index (χ0n) is 15.0. The van der Waals surface area contributed by atoms with Crippen LogP contribution in [0.1, 0.15) is 42.5 Å². The van der Waals surface area contributed by atoms with Gasteiger partial charge in [-0.05, 0) is 56.1 Å². The van der Waals surface area contributed by atoms with Crippen molar-refractivity contribution in [2.24, 2.45) is 5.92 Å². The molecule has 25 heavy (non-hydrogen) atoms. The van der Waals surface area contributed by atoms with Crippen LogP contribution in [0.15, 0.2) is 42.9 Å². The second kappa shape index (κ2) is 8.75. The van der Waals surface area contributed by atoms with E-state index < -0.39 is 0 Å². The molecule has 1 aromatic heterocycles. The molecule has 1 saturated heterocycles.